The molecule has 33 heavy (non-hydrogen) atoms. The topological polar surface area (TPSA) is 105 Å². The lowest BCUT2D eigenvalue weighted by Crippen LogP contribution is -2.64. The Morgan fingerprint density at radius 1 is 0.970 bits per heavy atom. The van der Waals surface area contributed by atoms with E-state index in [1.54, 1.807) is 0 Å². The second-order valence-corrected chi connectivity index (χ2v) is 9.48. The molecule has 0 bridgehead atoms. The van der Waals surface area contributed by atoms with Gasteiger partial charge in [-0.25, -0.2) is 9.59 Å². The van der Waals surface area contributed by atoms with E-state index < -0.39 is 29.0 Å². The Balaban J connectivity index is 1.48. The highest BCUT2D eigenvalue weighted by Gasteiger charge is 2.44. The molecule has 174 valence electrons. The molecule has 0 radical (unpaired) electrons. The minimum absolute atomic E-state index is 0.0785. The van der Waals surface area contributed by atoms with Gasteiger partial charge in [-0.2, -0.15) is 0 Å². The first-order valence-electron chi connectivity index (χ1n) is 11.4. The molecule has 0 spiro atoms. The number of amides is 2. The highest BCUT2D eigenvalue weighted by Crippen LogP contribution is 2.44. The van der Waals surface area contributed by atoms with Crippen LogP contribution in [0.1, 0.15) is 63.0 Å². The van der Waals surface area contributed by atoms with Crippen LogP contribution in [0.5, 0.6) is 0 Å². The average Bonchev–Trinajstić information content (AvgIpc) is 3.12. The van der Waals surface area contributed by atoms with Crippen molar-refractivity contribution in [3.05, 3.63) is 59.7 Å². The highest BCUT2D eigenvalue weighted by atomic mass is 16.5. The zero-order valence-electron chi connectivity index (χ0n) is 19.0. The van der Waals surface area contributed by atoms with Crippen LogP contribution < -0.4 is 10.6 Å². The lowest BCUT2D eigenvalue weighted by Gasteiger charge is -2.38. The van der Waals surface area contributed by atoms with Gasteiger partial charge in [0, 0.05) is 5.92 Å². The minimum Gasteiger partial charge on any atom is -0.480 e. The summed E-state index contributed by atoms with van der Waals surface area (Å²) in [6.45, 7) is 3.01. The van der Waals surface area contributed by atoms with Crippen molar-refractivity contribution in [1.29, 1.82) is 0 Å². The standard InChI is InChI=1S/C26H30N2O5/c1-25(2,23(30)31)27-22(29)26(14-8-3-9-15-26)28-24(32)33-16-21-19-12-6-4-10-17(19)18-11-5-7-13-20(18)21/h4-7,10-13,21H,3,8-9,14-16H2,1-2H3,(H,27,29)(H,28,32)(H,30,31). The number of carbonyl (C=O) groups excluding carboxylic acids is 2. The molecule has 0 aliphatic heterocycles. The lowest BCUT2D eigenvalue weighted by atomic mass is 9.80. The molecule has 2 aromatic rings. The average molecular weight is 451 g/mol. The molecule has 7 heteroatoms. The van der Waals surface area contributed by atoms with Crippen LogP contribution in [0.2, 0.25) is 0 Å². The number of fused-ring (bicyclic) bond motifs is 3. The molecule has 0 saturated heterocycles. The van der Waals surface area contributed by atoms with Crippen molar-refractivity contribution in [2.24, 2.45) is 0 Å². The summed E-state index contributed by atoms with van der Waals surface area (Å²) in [5, 5.41) is 14.8. The number of carboxylic acids is 1. The molecule has 0 aromatic heterocycles. The highest BCUT2D eigenvalue weighted by molar-refractivity contribution is 5.94. The van der Waals surface area contributed by atoms with E-state index in [4.69, 9.17) is 4.74 Å². The molecule has 0 unspecified atom stereocenters. The monoisotopic (exact) mass is 450 g/mol. The van der Waals surface area contributed by atoms with Crippen molar-refractivity contribution in [3.8, 4) is 11.1 Å². The summed E-state index contributed by atoms with van der Waals surface area (Å²) < 4.78 is 5.65. The van der Waals surface area contributed by atoms with Gasteiger partial charge in [0.1, 0.15) is 17.7 Å². The first kappa shape index (κ1) is 22.8. The van der Waals surface area contributed by atoms with Crippen LogP contribution in [0.3, 0.4) is 0 Å². The van der Waals surface area contributed by atoms with Crippen LogP contribution >= 0.6 is 0 Å². The Bertz CT molecular complexity index is 1030. The SMILES string of the molecule is CC(C)(NC(=O)C1(NC(=O)OCC2c3ccccc3-c3ccccc32)CCCCC1)C(=O)O. The van der Waals surface area contributed by atoms with Crippen molar-refractivity contribution < 1.29 is 24.2 Å². The Labute approximate surface area is 193 Å². The van der Waals surface area contributed by atoms with E-state index in [2.05, 4.69) is 22.8 Å². The molecule has 7 nitrogen and oxygen atoms in total. The Morgan fingerprint density at radius 2 is 1.52 bits per heavy atom. The van der Waals surface area contributed by atoms with Crippen molar-refractivity contribution in [3.63, 3.8) is 0 Å². The summed E-state index contributed by atoms with van der Waals surface area (Å²) in [5.74, 6) is -1.70. The first-order chi connectivity index (χ1) is 15.7. The lowest BCUT2D eigenvalue weighted by molar-refractivity contribution is -0.147. The molecule has 0 heterocycles. The number of carboxylic acid groups (broad SMARTS) is 1. The number of hydrogen-bond donors (Lipinski definition) is 3. The molecule has 0 atom stereocenters. The second kappa shape index (κ2) is 8.89. The third-order valence-corrected chi connectivity index (χ3v) is 6.79. The van der Waals surface area contributed by atoms with Gasteiger partial charge in [0.2, 0.25) is 5.91 Å². The number of rotatable bonds is 6. The maximum absolute atomic E-state index is 13.1. The van der Waals surface area contributed by atoms with Gasteiger partial charge < -0.3 is 20.5 Å². The predicted octanol–water partition coefficient (Wildman–Crippen LogP) is 4.21. The first-order valence-corrected chi connectivity index (χ1v) is 11.4. The van der Waals surface area contributed by atoms with E-state index in [-0.39, 0.29) is 12.5 Å². The molecule has 2 amide bonds. The van der Waals surface area contributed by atoms with Crippen LogP contribution in [0, 0.1) is 0 Å². The van der Waals surface area contributed by atoms with Gasteiger partial charge in [-0.3, -0.25) is 4.79 Å². The van der Waals surface area contributed by atoms with Gasteiger partial charge in [0.25, 0.3) is 0 Å². The largest absolute Gasteiger partial charge is 0.480 e. The molecule has 4 rings (SSSR count). The van der Waals surface area contributed by atoms with Crippen molar-refractivity contribution in [1.82, 2.24) is 10.6 Å². The van der Waals surface area contributed by atoms with E-state index in [1.165, 1.54) is 13.8 Å². The molecular formula is C26H30N2O5. The number of ether oxygens (including phenoxy) is 1. The maximum atomic E-state index is 13.1. The van der Waals surface area contributed by atoms with Crippen LogP contribution in [0.4, 0.5) is 4.79 Å². The molecular weight excluding hydrogens is 420 g/mol. The third kappa shape index (κ3) is 4.45. The van der Waals surface area contributed by atoms with Gasteiger partial charge in [-0.15, -0.1) is 0 Å². The van der Waals surface area contributed by atoms with Gasteiger partial charge in [-0.1, -0.05) is 67.8 Å². The molecule has 1 saturated carbocycles. The van der Waals surface area contributed by atoms with Gasteiger partial charge in [0.15, 0.2) is 0 Å². The summed E-state index contributed by atoms with van der Waals surface area (Å²) in [7, 11) is 0. The fourth-order valence-corrected chi connectivity index (χ4v) is 4.85. The Morgan fingerprint density at radius 3 is 2.06 bits per heavy atom. The Hall–Kier alpha value is -3.35. The number of hydrogen-bond acceptors (Lipinski definition) is 4. The number of benzene rings is 2. The third-order valence-electron chi connectivity index (χ3n) is 6.79. The zero-order chi connectivity index (χ0) is 23.6. The summed E-state index contributed by atoms with van der Waals surface area (Å²) in [4.78, 5) is 37.5. The maximum Gasteiger partial charge on any atom is 0.408 e. The fraction of sp³-hybridized carbons (Fsp3) is 0.423. The van der Waals surface area contributed by atoms with Crippen LogP contribution in [0.25, 0.3) is 11.1 Å². The molecule has 2 aliphatic rings. The van der Waals surface area contributed by atoms with E-state index in [1.807, 2.05) is 36.4 Å². The van der Waals surface area contributed by atoms with E-state index in [0.717, 1.165) is 41.5 Å². The molecule has 2 aromatic carbocycles. The van der Waals surface area contributed by atoms with Gasteiger partial charge in [0.05, 0.1) is 0 Å². The number of alkyl carbamates (subject to hydrolysis) is 1. The quantitative estimate of drug-likeness (QED) is 0.612. The van der Waals surface area contributed by atoms with Crippen LogP contribution in [-0.2, 0) is 14.3 Å². The van der Waals surface area contributed by atoms with Crippen LogP contribution in [-0.4, -0.2) is 40.8 Å². The zero-order valence-corrected chi connectivity index (χ0v) is 19.0. The van der Waals surface area contributed by atoms with Crippen molar-refractivity contribution in [2.45, 2.75) is 62.9 Å². The van der Waals surface area contributed by atoms with E-state index >= 15 is 0 Å². The smallest absolute Gasteiger partial charge is 0.408 e. The molecule has 3 N–H and O–H groups in total. The summed E-state index contributed by atoms with van der Waals surface area (Å²) >= 11 is 0. The summed E-state index contributed by atoms with van der Waals surface area (Å²) in [6, 6.07) is 16.2. The van der Waals surface area contributed by atoms with Gasteiger partial charge in [-0.05, 0) is 48.9 Å². The van der Waals surface area contributed by atoms with E-state index in [0.29, 0.717) is 12.8 Å². The minimum atomic E-state index is -1.44. The van der Waals surface area contributed by atoms with Crippen LogP contribution in [0.15, 0.2) is 48.5 Å². The van der Waals surface area contributed by atoms with Gasteiger partial charge >= 0.3 is 12.1 Å². The molecule has 1 fully saturated rings. The summed E-state index contributed by atoms with van der Waals surface area (Å²) in [6.07, 6.45) is 2.72. The fourth-order valence-electron chi connectivity index (χ4n) is 4.85. The predicted molar refractivity (Wildman–Crippen MR) is 124 cm³/mol. The number of aliphatic carboxylic acids is 1. The van der Waals surface area contributed by atoms with Crippen molar-refractivity contribution in [2.75, 3.05) is 6.61 Å². The molecule has 2 aliphatic carbocycles. The van der Waals surface area contributed by atoms with Crippen molar-refractivity contribution >= 4 is 18.0 Å². The summed E-state index contributed by atoms with van der Waals surface area (Å²) in [5.41, 5.74) is 1.89. The number of carbonyl (C=O) groups is 3. The Kier molecular flexibility index (Phi) is 6.15. The normalized spacial score (nSPS) is 16.9. The number of nitrogens with one attached hydrogen (secondary N) is 2. The van der Waals surface area contributed by atoms with E-state index in [9.17, 15) is 19.5 Å². The second-order valence-electron chi connectivity index (χ2n) is 9.48.